The summed E-state index contributed by atoms with van der Waals surface area (Å²) in [6.07, 6.45) is 5.40. The van der Waals surface area contributed by atoms with Gasteiger partial charge in [0, 0.05) is 52.1 Å². The Balaban J connectivity index is 1.32. The molecule has 6 rings (SSSR count). The molecule has 1 saturated heterocycles. The number of hydrogen-bond acceptors (Lipinski definition) is 8. The molecule has 4 heterocycles. The number of piperidine rings is 1. The quantitative estimate of drug-likeness (QED) is 0.281. The molecule has 0 saturated carbocycles. The number of benzene rings is 2. The van der Waals surface area contributed by atoms with E-state index in [1.165, 1.54) is 30.4 Å². The van der Waals surface area contributed by atoms with E-state index in [0.717, 1.165) is 24.2 Å². The molecule has 0 amide bonds. The molecular weight excluding hydrogens is 514 g/mol. The van der Waals surface area contributed by atoms with E-state index in [1.54, 1.807) is 35.0 Å². The Bertz CT molecular complexity index is 1710. The fourth-order valence-corrected chi connectivity index (χ4v) is 5.61. The molecular formula is C29H28ClN7O2. The fraction of sp³-hybridized carbons (Fsp3) is 0.276. The summed E-state index contributed by atoms with van der Waals surface area (Å²) in [5.74, 6) is 1.34. The second-order valence-corrected chi connectivity index (χ2v) is 10.2. The first-order valence-electron chi connectivity index (χ1n) is 13.1. The molecule has 1 unspecified atom stereocenters. The maximum absolute atomic E-state index is 13.6. The molecule has 0 radical (unpaired) electrons. The van der Waals surface area contributed by atoms with Crippen LogP contribution < -0.4 is 16.2 Å². The van der Waals surface area contributed by atoms with Gasteiger partial charge >= 0.3 is 0 Å². The number of aromatic nitrogens is 5. The number of pyridine rings is 1. The molecule has 1 fully saturated rings. The van der Waals surface area contributed by atoms with E-state index in [4.69, 9.17) is 21.0 Å². The summed E-state index contributed by atoms with van der Waals surface area (Å²) in [6.45, 7) is 6.63. The molecule has 0 aliphatic carbocycles. The summed E-state index contributed by atoms with van der Waals surface area (Å²) in [4.78, 5) is 22.8. The van der Waals surface area contributed by atoms with E-state index in [9.17, 15) is 4.79 Å². The number of hydrogen-bond donors (Lipinski definition) is 2. The molecule has 198 valence electrons. The zero-order valence-corrected chi connectivity index (χ0v) is 22.5. The van der Waals surface area contributed by atoms with Crippen molar-refractivity contribution in [3.8, 4) is 22.6 Å². The van der Waals surface area contributed by atoms with Gasteiger partial charge in [-0.2, -0.15) is 4.98 Å². The average molecular weight is 542 g/mol. The third-order valence-electron chi connectivity index (χ3n) is 7.27. The summed E-state index contributed by atoms with van der Waals surface area (Å²) >= 11 is 6.61. The number of nitrogens with one attached hydrogen (secondary N) is 2. The molecule has 1 atom stereocenters. The average Bonchev–Trinajstić information content (AvgIpc) is 3.49. The minimum Gasteiger partial charge on any atom is -0.423 e. The standard InChI is InChI=1S/C29H28ClN7O2/c1-3-37-26-20(12-24(28(37)38)23-8-6-18(13-25(23)30)27-36-33-16-39-27)15-32-29(35-26)34-21-7-9-22(17(2)11-21)19-5-4-10-31-14-19/h6-9,11-13,15-16,19,31H,3-5,10,14H2,1-2H3,(H,32,34,35). The van der Waals surface area contributed by atoms with Crippen LogP contribution in [0.1, 0.15) is 36.8 Å². The predicted molar refractivity (Wildman–Crippen MR) is 153 cm³/mol. The lowest BCUT2D eigenvalue weighted by molar-refractivity contribution is 0.460. The van der Waals surface area contributed by atoms with Crippen molar-refractivity contribution in [2.24, 2.45) is 0 Å². The monoisotopic (exact) mass is 541 g/mol. The van der Waals surface area contributed by atoms with Crippen molar-refractivity contribution in [2.45, 2.75) is 39.2 Å². The van der Waals surface area contributed by atoms with Crippen LogP contribution in [0, 0.1) is 6.92 Å². The fourth-order valence-electron chi connectivity index (χ4n) is 5.33. The molecule has 1 aliphatic rings. The second-order valence-electron chi connectivity index (χ2n) is 9.76. The van der Waals surface area contributed by atoms with Gasteiger partial charge in [0.2, 0.25) is 18.2 Å². The van der Waals surface area contributed by atoms with Crippen LogP contribution in [0.5, 0.6) is 0 Å². The maximum atomic E-state index is 13.6. The molecule has 5 aromatic rings. The minimum atomic E-state index is -0.177. The van der Waals surface area contributed by atoms with E-state index in [2.05, 4.69) is 50.9 Å². The smallest absolute Gasteiger partial charge is 0.260 e. The number of rotatable bonds is 6. The van der Waals surface area contributed by atoms with Crippen LogP contribution in [0.15, 0.2) is 64.3 Å². The molecule has 39 heavy (non-hydrogen) atoms. The Morgan fingerprint density at radius 2 is 2.08 bits per heavy atom. The minimum absolute atomic E-state index is 0.177. The third kappa shape index (κ3) is 4.91. The third-order valence-corrected chi connectivity index (χ3v) is 7.58. The largest absolute Gasteiger partial charge is 0.423 e. The molecule has 0 bridgehead atoms. The first-order chi connectivity index (χ1) is 19.0. The highest BCUT2D eigenvalue weighted by atomic mass is 35.5. The highest BCUT2D eigenvalue weighted by Crippen LogP contribution is 2.32. The topological polar surface area (TPSA) is 111 Å². The zero-order chi connectivity index (χ0) is 26.9. The lowest BCUT2D eigenvalue weighted by atomic mass is 9.88. The van der Waals surface area contributed by atoms with Crippen LogP contribution in [0.2, 0.25) is 5.02 Å². The van der Waals surface area contributed by atoms with Crippen molar-refractivity contribution in [1.29, 1.82) is 0 Å². The van der Waals surface area contributed by atoms with Crippen molar-refractivity contribution >= 4 is 34.3 Å². The summed E-state index contributed by atoms with van der Waals surface area (Å²) < 4.78 is 6.90. The van der Waals surface area contributed by atoms with Crippen molar-refractivity contribution in [1.82, 2.24) is 30.0 Å². The van der Waals surface area contributed by atoms with Gasteiger partial charge in [-0.25, -0.2) is 4.98 Å². The Morgan fingerprint density at radius 3 is 2.79 bits per heavy atom. The Morgan fingerprint density at radius 1 is 1.18 bits per heavy atom. The number of fused-ring (bicyclic) bond motifs is 1. The van der Waals surface area contributed by atoms with E-state index < -0.39 is 0 Å². The van der Waals surface area contributed by atoms with E-state index in [1.807, 2.05) is 6.92 Å². The van der Waals surface area contributed by atoms with Crippen molar-refractivity contribution in [2.75, 3.05) is 18.4 Å². The Labute approximate surface area is 230 Å². The van der Waals surface area contributed by atoms with Crippen molar-refractivity contribution < 1.29 is 4.42 Å². The van der Waals surface area contributed by atoms with Gasteiger partial charge in [0.25, 0.3) is 5.56 Å². The highest BCUT2D eigenvalue weighted by molar-refractivity contribution is 6.33. The molecule has 0 spiro atoms. The molecule has 9 nitrogen and oxygen atoms in total. The second kappa shape index (κ2) is 10.6. The van der Waals surface area contributed by atoms with E-state index >= 15 is 0 Å². The van der Waals surface area contributed by atoms with E-state index in [-0.39, 0.29) is 5.56 Å². The van der Waals surface area contributed by atoms with Crippen LogP contribution in [0.4, 0.5) is 11.6 Å². The summed E-state index contributed by atoms with van der Waals surface area (Å²) in [5.41, 5.74) is 5.67. The lowest BCUT2D eigenvalue weighted by Gasteiger charge is -2.25. The van der Waals surface area contributed by atoms with Crippen LogP contribution in [0.25, 0.3) is 33.6 Å². The molecule has 3 aromatic heterocycles. The molecule has 10 heteroatoms. The van der Waals surface area contributed by atoms with Crippen LogP contribution in [0.3, 0.4) is 0 Å². The van der Waals surface area contributed by atoms with Crippen LogP contribution >= 0.6 is 11.6 Å². The zero-order valence-electron chi connectivity index (χ0n) is 21.7. The van der Waals surface area contributed by atoms with Gasteiger partial charge < -0.3 is 15.1 Å². The molecule has 2 aromatic carbocycles. The highest BCUT2D eigenvalue weighted by Gasteiger charge is 2.18. The number of anilines is 2. The van der Waals surface area contributed by atoms with Crippen LogP contribution in [-0.4, -0.2) is 37.8 Å². The first kappa shape index (κ1) is 25.2. The number of halogens is 1. The van der Waals surface area contributed by atoms with Gasteiger partial charge in [0.15, 0.2) is 0 Å². The summed E-state index contributed by atoms with van der Waals surface area (Å²) in [7, 11) is 0. The SMILES string of the molecule is CCn1c(=O)c(-c2ccc(-c3nnco3)cc2Cl)cc2cnc(Nc3ccc(C4CCCNC4)c(C)c3)nc21. The van der Waals surface area contributed by atoms with Crippen LogP contribution in [-0.2, 0) is 6.54 Å². The lowest BCUT2D eigenvalue weighted by Crippen LogP contribution is -2.28. The van der Waals surface area contributed by atoms with Gasteiger partial charge in [-0.3, -0.25) is 9.36 Å². The molecule has 1 aliphatic heterocycles. The summed E-state index contributed by atoms with van der Waals surface area (Å²) in [5, 5.41) is 15.6. The number of nitrogens with zero attached hydrogens (tertiary/aromatic N) is 5. The Kier molecular flexibility index (Phi) is 6.85. The molecule has 2 N–H and O–H groups in total. The van der Waals surface area contributed by atoms with Gasteiger partial charge in [-0.05, 0) is 80.6 Å². The normalized spacial score (nSPS) is 15.5. The van der Waals surface area contributed by atoms with Crippen molar-refractivity contribution in [3.05, 3.63) is 81.6 Å². The van der Waals surface area contributed by atoms with Gasteiger partial charge in [0.05, 0.1) is 0 Å². The first-order valence-corrected chi connectivity index (χ1v) is 13.4. The van der Waals surface area contributed by atoms with Crippen molar-refractivity contribution in [3.63, 3.8) is 0 Å². The maximum Gasteiger partial charge on any atom is 0.260 e. The van der Waals surface area contributed by atoms with Gasteiger partial charge in [0.1, 0.15) is 5.65 Å². The summed E-state index contributed by atoms with van der Waals surface area (Å²) in [6, 6.07) is 13.5. The van der Waals surface area contributed by atoms with E-state index in [0.29, 0.717) is 51.7 Å². The van der Waals surface area contributed by atoms with Gasteiger partial charge in [-0.15, -0.1) is 10.2 Å². The Hall–Kier alpha value is -4.08. The van der Waals surface area contributed by atoms with Gasteiger partial charge in [-0.1, -0.05) is 23.7 Å². The predicted octanol–water partition coefficient (Wildman–Crippen LogP) is 5.70. The number of aryl methyl sites for hydroxylation is 2.